The van der Waals surface area contributed by atoms with Crippen LogP contribution in [-0.4, -0.2) is 20.2 Å². The molecular formula is C16H15O4. The monoisotopic (exact) mass is 271 g/mol. The number of carbonyl (C=O) groups is 1. The van der Waals surface area contributed by atoms with Crippen LogP contribution in [0.3, 0.4) is 0 Å². The summed E-state index contributed by atoms with van der Waals surface area (Å²) in [5, 5.41) is 0. The molecule has 0 aliphatic heterocycles. The van der Waals surface area contributed by atoms with Crippen molar-refractivity contribution in [2.24, 2.45) is 0 Å². The molecule has 2 rings (SSSR count). The summed E-state index contributed by atoms with van der Waals surface area (Å²) in [5.74, 6) is 0.944. The molecular weight excluding hydrogens is 256 g/mol. The summed E-state index contributed by atoms with van der Waals surface area (Å²) in [4.78, 5) is 12.1. The molecule has 0 saturated carbocycles. The van der Waals surface area contributed by atoms with Crippen molar-refractivity contribution < 1.29 is 19.0 Å². The molecule has 0 amide bonds. The summed E-state index contributed by atoms with van der Waals surface area (Å²) in [5.41, 5.74) is 1.19. The molecule has 0 unspecified atom stereocenters. The summed E-state index contributed by atoms with van der Waals surface area (Å²) in [7, 11) is 3.05. The van der Waals surface area contributed by atoms with Crippen molar-refractivity contribution in [1.82, 2.24) is 0 Å². The lowest BCUT2D eigenvalue weighted by molar-refractivity contribution is 0.0729. The van der Waals surface area contributed by atoms with E-state index in [9.17, 15) is 4.79 Å². The Morgan fingerprint density at radius 2 is 1.80 bits per heavy atom. The van der Waals surface area contributed by atoms with Crippen molar-refractivity contribution in [3.8, 4) is 17.2 Å². The third kappa shape index (κ3) is 3.09. The van der Waals surface area contributed by atoms with E-state index >= 15 is 0 Å². The Hall–Kier alpha value is -2.49. The van der Waals surface area contributed by atoms with E-state index in [1.54, 1.807) is 49.6 Å². The normalized spacial score (nSPS) is 9.95. The fourth-order valence-electron chi connectivity index (χ4n) is 1.71. The fourth-order valence-corrected chi connectivity index (χ4v) is 1.71. The van der Waals surface area contributed by atoms with Gasteiger partial charge in [-0.2, -0.15) is 0 Å². The lowest BCUT2D eigenvalue weighted by atomic mass is 10.2. The highest BCUT2D eigenvalue weighted by molar-refractivity contribution is 5.91. The zero-order valence-electron chi connectivity index (χ0n) is 11.4. The molecule has 103 valence electrons. The number of methoxy groups -OCH3 is 2. The smallest absolute Gasteiger partial charge is 0.343 e. The van der Waals surface area contributed by atoms with Gasteiger partial charge in [-0.3, -0.25) is 0 Å². The van der Waals surface area contributed by atoms with E-state index in [1.807, 2.05) is 0 Å². The van der Waals surface area contributed by atoms with E-state index in [2.05, 4.69) is 6.92 Å². The van der Waals surface area contributed by atoms with Gasteiger partial charge in [0.25, 0.3) is 0 Å². The minimum Gasteiger partial charge on any atom is -0.497 e. The van der Waals surface area contributed by atoms with E-state index in [4.69, 9.17) is 14.2 Å². The summed E-state index contributed by atoms with van der Waals surface area (Å²) < 4.78 is 15.6. The zero-order chi connectivity index (χ0) is 14.5. The van der Waals surface area contributed by atoms with Crippen LogP contribution in [0.25, 0.3) is 0 Å². The van der Waals surface area contributed by atoms with Gasteiger partial charge in [0.2, 0.25) is 0 Å². The van der Waals surface area contributed by atoms with Crippen LogP contribution in [0, 0.1) is 6.92 Å². The molecule has 2 aromatic rings. The SMILES string of the molecule is [CH2]c1ccc(OC(=O)c2cccc(OC)c2)c(OC)c1. The molecule has 0 bridgehead atoms. The lowest BCUT2D eigenvalue weighted by Crippen LogP contribution is -2.09. The summed E-state index contributed by atoms with van der Waals surface area (Å²) in [6, 6.07) is 11.9. The Labute approximate surface area is 117 Å². The first-order valence-electron chi connectivity index (χ1n) is 6.00. The van der Waals surface area contributed by atoms with Crippen molar-refractivity contribution in [1.29, 1.82) is 0 Å². The second-order valence-electron chi connectivity index (χ2n) is 4.11. The van der Waals surface area contributed by atoms with E-state index in [0.717, 1.165) is 5.56 Å². The van der Waals surface area contributed by atoms with Crippen molar-refractivity contribution in [3.05, 3.63) is 60.5 Å². The van der Waals surface area contributed by atoms with E-state index in [0.29, 0.717) is 22.8 Å². The second-order valence-corrected chi connectivity index (χ2v) is 4.11. The molecule has 4 heteroatoms. The van der Waals surface area contributed by atoms with Crippen LogP contribution in [0.15, 0.2) is 42.5 Å². The summed E-state index contributed by atoms with van der Waals surface area (Å²) in [6.45, 7) is 3.79. The van der Waals surface area contributed by atoms with Crippen LogP contribution in [0.1, 0.15) is 15.9 Å². The van der Waals surface area contributed by atoms with Gasteiger partial charge in [0.05, 0.1) is 19.8 Å². The average Bonchev–Trinajstić information content (AvgIpc) is 2.49. The molecule has 0 heterocycles. The lowest BCUT2D eigenvalue weighted by Gasteiger charge is -2.10. The predicted octanol–water partition coefficient (Wildman–Crippen LogP) is 3.11. The number of hydrogen-bond acceptors (Lipinski definition) is 4. The van der Waals surface area contributed by atoms with Crippen LogP contribution in [0.2, 0.25) is 0 Å². The minimum absolute atomic E-state index is 0.354. The molecule has 0 aromatic heterocycles. The molecule has 1 radical (unpaired) electrons. The standard InChI is InChI=1S/C16H15O4/c1-11-7-8-14(15(9-11)19-3)20-16(17)12-5-4-6-13(10-12)18-2/h4-10H,1H2,2-3H3. The highest BCUT2D eigenvalue weighted by Gasteiger charge is 2.13. The quantitative estimate of drug-likeness (QED) is 0.633. The molecule has 0 fully saturated rings. The molecule has 0 N–H and O–H groups in total. The van der Waals surface area contributed by atoms with Gasteiger partial charge in [0.1, 0.15) is 5.75 Å². The number of benzene rings is 2. The van der Waals surface area contributed by atoms with Crippen LogP contribution >= 0.6 is 0 Å². The minimum atomic E-state index is -0.473. The maximum atomic E-state index is 12.1. The Kier molecular flexibility index (Phi) is 4.25. The molecule has 4 nitrogen and oxygen atoms in total. The van der Waals surface area contributed by atoms with Crippen LogP contribution < -0.4 is 14.2 Å². The van der Waals surface area contributed by atoms with Gasteiger partial charge in [-0.1, -0.05) is 12.1 Å². The van der Waals surface area contributed by atoms with Gasteiger partial charge < -0.3 is 14.2 Å². The average molecular weight is 271 g/mol. The molecule has 2 aromatic carbocycles. The van der Waals surface area contributed by atoms with Crippen LogP contribution in [0.4, 0.5) is 0 Å². The van der Waals surface area contributed by atoms with Gasteiger partial charge >= 0.3 is 5.97 Å². The number of esters is 1. The van der Waals surface area contributed by atoms with Gasteiger partial charge in [0, 0.05) is 0 Å². The topological polar surface area (TPSA) is 44.8 Å². The van der Waals surface area contributed by atoms with E-state index in [-0.39, 0.29) is 0 Å². The first-order chi connectivity index (χ1) is 9.63. The van der Waals surface area contributed by atoms with Crippen LogP contribution in [-0.2, 0) is 0 Å². The van der Waals surface area contributed by atoms with Gasteiger partial charge in [0.15, 0.2) is 11.5 Å². The van der Waals surface area contributed by atoms with Crippen LogP contribution in [0.5, 0.6) is 17.2 Å². The fraction of sp³-hybridized carbons (Fsp3) is 0.125. The van der Waals surface area contributed by atoms with Gasteiger partial charge in [-0.25, -0.2) is 4.79 Å². The molecule has 20 heavy (non-hydrogen) atoms. The number of carbonyl (C=O) groups excluding carboxylic acids is 1. The van der Waals surface area contributed by atoms with Crippen molar-refractivity contribution in [3.63, 3.8) is 0 Å². The molecule has 0 saturated heterocycles. The zero-order valence-corrected chi connectivity index (χ0v) is 11.4. The van der Waals surface area contributed by atoms with E-state index in [1.165, 1.54) is 7.11 Å². The van der Waals surface area contributed by atoms with Crippen molar-refractivity contribution in [2.45, 2.75) is 0 Å². The number of rotatable bonds is 4. The molecule has 0 atom stereocenters. The summed E-state index contributed by atoms with van der Waals surface area (Å²) in [6.07, 6.45) is 0. The van der Waals surface area contributed by atoms with Gasteiger partial charge in [-0.05, 0) is 42.8 Å². The number of ether oxygens (including phenoxy) is 3. The Morgan fingerprint density at radius 1 is 1.00 bits per heavy atom. The van der Waals surface area contributed by atoms with E-state index < -0.39 is 5.97 Å². The predicted molar refractivity (Wildman–Crippen MR) is 75.4 cm³/mol. The Balaban J connectivity index is 2.23. The molecule has 0 aliphatic carbocycles. The molecule has 0 aliphatic rings. The molecule has 0 spiro atoms. The Bertz CT molecular complexity index is 620. The van der Waals surface area contributed by atoms with Crippen molar-refractivity contribution >= 4 is 5.97 Å². The maximum absolute atomic E-state index is 12.1. The number of hydrogen-bond donors (Lipinski definition) is 0. The first-order valence-corrected chi connectivity index (χ1v) is 6.00. The first kappa shape index (κ1) is 13.9. The van der Waals surface area contributed by atoms with Gasteiger partial charge in [-0.15, -0.1) is 0 Å². The summed E-state index contributed by atoms with van der Waals surface area (Å²) >= 11 is 0. The third-order valence-electron chi connectivity index (χ3n) is 2.74. The largest absolute Gasteiger partial charge is 0.497 e. The van der Waals surface area contributed by atoms with Crippen molar-refractivity contribution in [2.75, 3.05) is 14.2 Å². The highest BCUT2D eigenvalue weighted by Crippen LogP contribution is 2.28. The highest BCUT2D eigenvalue weighted by atomic mass is 16.6. The third-order valence-corrected chi connectivity index (χ3v) is 2.74. The second kappa shape index (κ2) is 6.10. The Morgan fingerprint density at radius 3 is 2.50 bits per heavy atom. The maximum Gasteiger partial charge on any atom is 0.343 e.